The van der Waals surface area contributed by atoms with Gasteiger partial charge in [0.1, 0.15) is 0 Å². The molecule has 80 valence electrons. The van der Waals surface area contributed by atoms with Crippen LogP contribution < -0.4 is 0 Å². The molecule has 0 radical (unpaired) electrons. The van der Waals surface area contributed by atoms with Crippen molar-refractivity contribution in [3.63, 3.8) is 0 Å². The van der Waals surface area contributed by atoms with Gasteiger partial charge in [-0.05, 0) is 18.7 Å². The molecule has 0 aliphatic carbocycles. The highest BCUT2D eigenvalue weighted by Gasteiger charge is 2.01. The van der Waals surface area contributed by atoms with Crippen molar-refractivity contribution in [3.05, 3.63) is 0 Å². The van der Waals surface area contributed by atoms with E-state index in [0.717, 1.165) is 6.61 Å². The van der Waals surface area contributed by atoms with Crippen molar-refractivity contribution < 1.29 is 4.52 Å². The molecular weight excluding hydrogens is 179 g/mol. The third-order valence-electron chi connectivity index (χ3n) is 2.23. The fraction of sp³-hybridized carbons (Fsp3) is 1.00. The van der Waals surface area contributed by atoms with Gasteiger partial charge in [-0.15, -0.1) is 0 Å². The Morgan fingerprint density at radius 3 is 2.00 bits per heavy atom. The van der Waals surface area contributed by atoms with Crippen molar-refractivity contribution in [3.8, 4) is 0 Å². The van der Waals surface area contributed by atoms with Gasteiger partial charge >= 0.3 is 0 Å². The van der Waals surface area contributed by atoms with E-state index in [1.54, 1.807) is 0 Å². The van der Waals surface area contributed by atoms with Crippen LogP contribution >= 0.6 is 8.15 Å². The molecule has 1 nitrogen and oxygen atoms in total. The summed E-state index contributed by atoms with van der Waals surface area (Å²) in [4.78, 5) is 0. The summed E-state index contributed by atoms with van der Waals surface area (Å²) in [6.07, 6.45) is 9.16. The quantitative estimate of drug-likeness (QED) is 0.399. The van der Waals surface area contributed by atoms with Crippen LogP contribution in [-0.2, 0) is 4.52 Å². The molecule has 0 heterocycles. The molecule has 0 aliphatic heterocycles. The number of unbranched alkanes of at least 4 members (excludes halogenated alkanes) is 4. The molecule has 2 heteroatoms. The summed E-state index contributed by atoms with van der Waals surface area (Å²) in [6, 6.07) is 0. The van der Waals surface area contributed by atoms with Crippen LogP contribution in [0.4, 0.5) is 0 Å². The maximum atomic E-state index is 5.79. The molecule has 0 aromatic carbocycles. The Kier molecular flexibility index (Phi) is 10.8. The summed E-state index contributed by atoms with van der Waals surface area (Å²) in [6.45, 7) is 7.71. The largest absolute Gasteiger partial charge is 0.359 e. The molecule has 0 unspecified atom stereocenters. The number of hydrogen-bond donors (Lipinski definition) is 0. The van der Waals surface area contributed by atoms with Gasteiger partial charge in [0.15, 0.2) is 0 Å². The Morgan fingerprint density at radius 2 is 1.46 bits per heavy atom. The summed E-state index contributed by atoms with van der Waals surface area (Å²) >= 11 is 0. The smallest absolute Gasteiger partial charge is 0.0508 e. The first-order valence-electron chi connectivity index (χ1n) is 5.73. The highest BCUT2D eigenvalue weighted by atomic mass is 31.1. The highest BCUT2D eigenvalue weighted by molar-refractivity contribution is 7.52. The number of rotatable bonds is 9. The zero-order valence-electron chi connectivity index (χ0n) is 9.51. The lowest BCUT2D eigenvalue weighted by molar-refractivity contribution is 0.336. The average molecular weight is 204 g/mol. The standard InChI is InChI=1S/C11H25OP/c1-4-7-8-9-10-11-12-13(5-2)6-3/h4-11H2,1-3H3. The van der Waals surface area contributed by atoms with Crippen LogP contribution in [0.15, 0.2) is 0 Å². The topological polar surface area (TPSA) is 9.23 Å². The van der Waals surface area contributed by atoms with E-state index in [9.17, 15) is 0 Å². The Bertz CT molecular complexity index is 92.1. The molecule has 0 fully saturated rings. The summed E-state index contributed by atoms with van der Waals surface area (Å²) in [5, 5.41) is 0. The lowest BCUT2D eigenvalue weighted by Crippen LogP contribution is -1.93. The molecule has 0 spiro atoms. The molecule has 0 N–H and O–H groups in total. The molecule has 0 saturated carbocycles. The van der Waals surface area contributed by atoms with Gasteiger partial charge in [-0.25, -0.2) is 0 Å². The normalized spacial score (nSPS) is 11.1. The van der Waals surface area contributed by atoms with E-state index < -0.39 is 0 Å². The second-order valence-electron chi connectivity index (χ2n) is 3.36. The molecule has 0 aliphatic rings. The minimum atomic E-state index is -0.0807. The maximum Gasteiger partial charge on any atom is 0.0508 e. The Hall–Kier alpha value is 0.390. The third kappa shape index (κ3) is 8.71. The Morgan fingerprint density at radius 1 is 0.846 bits per heavy atom. The summed E-state index contributed by atoms with van der Waals surface area (Å²) < 4.78 is 5.79. The van der Waals surface area contributed by atoms with Gasteiger partial charge in [-0.1, -0.05) is 46.5 Å². The minimum absolute atomic E-state index is 0.0807. The van der Waals surface area contributed by atoms with Gasteiger partial charge < -0.3 is 4.52 Å². The fourth-order valence-corrected chi connectivity index (χ4v) is 2.51. The van der Waals surface area contributed by atoms with E-state index in [4.69, 9.17) is 4.52 Å². The highest BCUT2D eigenvalue weighted by Crippen LogP contribution is 2.35. The van der Waals surface area contributed by atoms with E-state index in [1.807, 2.05) is 0 Å². The van der Waals surface area contributed by atoms with E-state index in [0.29, 0.717) is 0 Å². The lowest BCUT2D eigenvalue weighted by Gasteiger charge is -2.13. The molecule has 0 aromatic heterocycles. The van der Waals surface area contributed by atoms with E-state index in [-0.39, 0.29) is 8.15 Å². The van der Waals surface area contributed by atoms with Crippen molar-refractivity contribution in [2.24, 2.45) is 0 Å². The van der Waals surface area contributed by atoms with Crippen LogP contribution in [0.25, 0.3) is 0 Å². The van der Waals surface area contributed by atoms with Crippen LogP contribution in [0.1, 0.15) is 52.9 Å². The Balaban J connectivity index is 3.05. The van der Waals surface area contributed by atoms with Crippen molar-refractivity contribution in [2.75, 3.05) is 18.9 Å². The van der Waals surface area contributed by atoms with E-state index >= 15 is 0 Å². The summed E-state index contributed by atoms with van der Waals surface area (Å²) in [7, 11) is -0.0807. The third-order valence-corrected chi connectivity index (χ3v) is 4.19. The first-order valence-corrected chi connectivity index (χ1v) is 7.36. The molecule has 0 aromatic rings. The Labute approximate surface area is 85.1 Å². The molecule has 0 rings (SSSR count). The van der Waals surface area contributed by atoms with Gasteiger partial charge in [-0.2, -0.15) is 0 Å². The molecule has 0 saturated heterocycles. The van der Waals surface area contributed by atoms with Crippen LogP contribution in [0.3, 0.4) is 0 Å². The van der Waals surface area contributed by atoms with Crippen molar-refractivity contribution in [1.29, 1.82) is 0 Å². The zero-order valence-corrected chi connectivity index (χ0v) is 10.4. The predicted octanol–water partition coefficient (Wildman–Crippen LogP) is 4.41. The van der Waals surface area contributed by atoms with Crippen LogP contribution in [0, 0.1) is 0 Å². The van der Waals surface area contributed by atoms with Gasteiger partial charge in [0.2, 0.25) is 0 Å². The SMILES string of the molecule is CCCCCCCOP(CC)CC. The van der Waals surface area contributed by atoms with Gasteiger partial charge in [-0.3, -0.25) is 0 Å². The second kappa shape index (κ2) is 10.5. The van der Waals surface area contributed by atoms with E-state index in [2.05, 4.69) is 20.8 Å². The average Bonchev–Trinajstić information content (AvgIpc) is 2.17. The maximum absolute atomic E-state index is 5.79. The van der Waals surface area contributed by atoms with E-state index in [1.165, 1.54) is 44.4 Å². The summed E-state index contributed by atoms with van der Waals surface area (Å²) in [5.74, 6) is 0. The molecular formula is C11H25OP. The van der Waals surface area contributed by atoms with Gasteiger partial charge in [0, 0.05) is 8.15 Å². The second-order valence-corrected chi connectivity index (χ2v) is 5.85. The first-order chi connectivity index (χ1) is 6.35. The first kappa shape index (κ1) is 13.4. The molecule has 0 bridgehead atoms. The fourth-order valence-electron chi connectivity index (χ4n) is 1.31. The molecule has 0 amide bonds. The van der Waals surface area contributed by atoms with Gasteiger partial charge in [0.05, 0.1) is 6.61 Å². The van der Waals surface area contributed by atoms with Crippen LogP contribution in [-0.4, -0.2) is 18.9 Å². The lowest BCUT2D eigenvalue weighted by atomic mass is 10.2. The number of hydrogen-bond acceptors (Lipinski definition) is 1. The van der Waals surface area contributed by atoms with Crippen LogP contribution in [0.5, 0.6) is 0 Å². The van der Waals surface area contributed by atoms with Crippen molar-refractivity contribution in [2.45, 2.75) is 52.9 Å². The summed E-state index contributed by atoms with van der Waals surface area (Å²) in [5.41, 5.74) is 0. The van der Waals surface area contributed by atoms with Crippen molar-refractivity contribution >= 4 is 8.15 Å². The molecule has 0 atom stereocenters. The predicted molar refractivity (Wildman–Crippen MR) is 62.7 cm³/mol. The molecule has 13 heavy (non-hydrogen) atoms. The minimum Gasteiger partial charge on any atom is -0.359 e. The zero-order chi connectivity index (χ0) is 9.94. The van der Waals surface area contributed by atoms with Gasteiger partial charge in [0.25, 0.3) is 0 Å². The van der Waals surface area contributed by atoms with Crippen LogP contribution in [0.2, 0.25) is 0 Å². The van der Waals surface area contributed by atoms with Crippen molar-refractivity contribution in [1.82, 2.24) is 0 Å². The monoisotopic (exact) mass is 204 g/mol.